The maximum absolute atomic E-state index is 12.1. The molecule has 0 bridgehead atoms. The molecule has 1 N–H and O–H groups in total. The van der Waals surface area contributed by atoms with Crippen molar-refractivity contribution in [3.63, 3.8) is 0 Å². The maximum Gasteiger partial charge on any atom is 0.234 e. The highest BCUT2D eigenvalue weighted by molar-refractivity contribution is 7.99. The summed E-state index contributed by atoms with van der Waals surface area (Å²) in [4.78, 5) is 14.2. The number of nitrogens with zero attached hydrogens (tertiary/aromatic N) is 1. The number of carbonyl (C=O) groups is 1. The highest BCUT2D eigenvalue weighted by atomic mass is 32.2. The molecule has 1 fully saturated rings. The lowest BCUT2D eigenvalue weighted by Crippen LogP contribution is -2.40. The van der Waals surface area contributed by atoms with Crippen molar-refractivity contribution in [2.24, 2.45) is 0 Å². The molecule has 1 heterocycles. The first-order valence-electron chi connectivity index (χ1n) is 7.39. The zero-order valence-electron chi connectivity index (χ0n) is 13.4. The number of nitrogens with one attached hydrogen (secondary N) is 1. The van der Waals surface area contributed by atoms with Gasteiger partial charge >= 0.3 is 0 Å². The van der Waals surface area contributed by atoms with Gasteiger partial charge in [-0.1, -0.05) is 0 Å². The first kappa shape index (κ1) is 17.0. The molecule has 1 aliphatic rings. The molecule has 0 aromatic heterocycles. The number of likely N-dealkylation sites (N-methyl/N-ethyl adjacent to an activating group) is 1. The van der Waals surface area contributed by atoms with E-state index >= 15 is 0 Å². The molecule has 1 aromatic rings. The summed E-state index contributed by atoms with van der Waals surface area (Å²) in [5.41, 5.74) is 0.940. The van der Waals surface area contributed by atoms with Crippen molar-refractivity contribution >= 4 is 17.7 Å². The van der Waals surface area contributed by atoms with Crippen LogP contribution in [0.3, 0.4) is 0 Å². The molecule has 0 spiro atoms. The Bertz CT molecular complexity index is 504. The van der Waals surface area contributed by atoms with E-state index in [0.29, 0.717) is 19.1 Å². The number of amides is 1. The van der Waals surface area contributed by atoms with Crippen molar-refractivity contribution in [1.29, 1.82) is 0 Å². The molecule has 5 nitrogen and oxygen atoms in total. The maximum atomic E-state index is 12.1. The second-order valence-corrected chi connectivity index (χ2v) is 6.54. The van der Waals surface area contributed by atoms with Crippen LogP contribution in [0.2, 0.25) is 0 Å². The summed E-state index contributed by atoms with van der Waals surface area (Å²) in [6, 6.07) is 6.12. The van der Waals surface area contributed by atoms with E-state index in [0.717, 1.165) is 22.8 Å². The Labute approximate surface area is 136 Å². The van der Waals surface area contributed by atoms with Gasteiger partial charge < -0.3 is 14.8 Å². The van der Waals surface area contributed by atoms with Crippen LogP contribution in [-0.4, -0.2) is 56.2 Å². The number of rotatable bonds is 7. The summed E-state index contributed by atoms with van der Waals surface area (Å²) in [7, 11) is 5.25. The van der Waals surface area contributed by atoms with Gasteiger partial charge in [0.2, 0.25) is 5.91 Å². The molecule has 2 rings (SSSR count). The average Bonchev–Trinajstić information content (AvgIpc) is 3.07. The fraction of sp³-hybridized carbons (Fsp3) is 0.562. The molecule has 0 saturated carbocycles. The topological polar surface area (TPSA) is 50.8 Å². The summed E-state index contributed by atoms with van der Waals surface area (Å²) in [5.74, 6) is 3.82. The Morgan fingerprint density at radius 2 is 2.23 bits per heavy atom. The van der Waals surface area contributed by atoms with E-state index in [-0.39, 0.29) is 5.91 Å². The number of hydrogen-bond acceptors (Lipinski definition) is 5. The van der Waals surface area contributed by atoms with Crippen LogP contribution < -0.4 is 14.8 Å². The third kappa shape index (κ3) is 4.55. The fourth-order valence-electron chi connectivity index (χ4n) is 2.47. The zero-order valence-corrected chi connectivity index (χ0v) is 14.2. The monoisotopic (exact) mass is 324 g/mol. The van der Waals surface area contributed by atoms with Crippen LogP contribution >= 0.6 is 11.8 Å². The van der Waals surface area contributed by atoms with Crippen molar-refractivity contribution in [2.75, 3.05) is 39.3 Å². The van der Waals surface area contributed by atoms with Gasteiger partial charge in [-0.3, -0.25) is 9.69 Å². The predicted octanol–water partition coefficient (Wildman–Crippen LogP) is 1.76. The van der Waals surface area contributed by atoms with E-state index in [9.17, 15) is 4.79 Å². The lowest BCUT2D eigenvalue weighted by molar-refractivity contribution is -0.122. The van der Waals surface area contributed by atoms with Gasteiger partial charge in [0.05, 0.1) is 20.8 Å². The molecule has 122 valence electrons. The minimum absolute atomic E-state index is 0.0391. The van der Waals surface area contributed by atoms with Gasteiger partial charge in [0, 0.05) is 30.0 Å². The molecular formula is C16H24N2O3S. The third-order valence-corrected chi connectivity index (χ3v) is 5.04. The SMILES string of the molecule is COc1ccc(CNC(=O)CN(C)C2CCSC2)c(OC)c1. The normalized spacial score (nSPS) is 17.5. The first-order chi connectivity index (χ1) is 10.6. The van der Waals surface area contributed by atoms with E-state index in [4.69, 9.17) is 9.47 Å². The molecule has 22 heavy (non-hydrogen) atoms. The number of ether oxygens (including phenoxy) is 2. The molecule has 1 atom stereocenters. The quantitative estimate of drug-likeness (QED) is 0.828. The Morgan fingerprint density at radius 1 is 1.41 bits per heavy atom. The minimum atomic E-state index is 0.0391. The summed E-state index contributed by atoms with van der Waals surface area (Å²) >= 11 is 1.95. The van der Waals surface area contributed by atoms with Crippen molar-refractivity contribution in [1.82, 2.24) is 10.2 Å². The van der Waals surface area contributed by atoms with Crippen LogP contribution in [0.4, 0.5) is 0 Å². The average molecular weight is 324 g/mol. The van der Waals surface area contributed by atoms with Crippen molar-refractivity contribution in [2.45, 2.75) is 19.0 Å². The largest absolute Gasteiger partial charge is 0.497 e. The number of benzene rings is 1. The smallest absolute Gasteiger partial charge is 0.234 e. The van der Waals surface area contributed by atoms with Crippen LogP contribution in [0.5, 0.6) is 11.5 Å². The molecule has 1 unspecified atom stereocenters. The second-order valence-electron chi connectivity index (χ2n) is 5.39. The van der Waals surface area contributed by atoms with Crippen LogP contribution in [0, 0.1) is 0 Å². The van der Waals surface area contributed by atoms with Gasteiger partial charge in [-0.15, -0.1) is 0 Å². The molecule has 1 saturated heterocycles. The lowest BCUT2D eigenvalue weighted by Gasteiger charge is -2.22. The van der Waals surface area contributed by atoms with Crippen molar-refractivity contribution < 1.29 is 14.3 Å². The molecule has 0 aliphatic carbocycles. The van der Waals surface area contributed by atoms with Gasteiger partial charge in [-0.25, -0.2) is 0 Å². The van der Waals surface area contributed by atoms with E-state index < -0.39 is 0 Å². The van der Waals surface area contributed by atoms with Crippen molar-refractivity contribution in [3.05, 3.63) is 23.8 Å². The van der Waals surface area contributed by atoms with Gasteiger partial charge in [0.1, 0.15) is 11.5 Å². The first-order valence-corrected chi connectivity index (χ1v) is 8.55. The van der Waals surface area contributed by atoms with E-state index in [1.165, 1.54) is 12.2 Å². The Kier molecular flexibility index (Phi) is 6.39. The predicted molar refractivity (Wildman–Crippen MR) is 89.8 cm³/mol. The van der Waals surface area contributed by atoms with Crippen LogP contribution in [0.1, 0.15) is 12.0 Å². The highest BCUT2D eigenvalue weighted by Crippen LogP contribution is 2.24. The summed E-state index contributed by atoms with van der Waals surface area (Å²) < 4.78 is 10.5. The molecule has 1 amide bonds. The molecule has 1 aromatic carbocycles. The second kappa shape index (κ2) is 8.29. The number of carbonyl (C=O) groups excluding carboxylic acids is 1. The molecule has 1 aliphatic heterocycles. The lowest BCUT2D eigenvalue weighted by atomic mass is 10.2. The van der Waals surface area contributed by atoms with Crippen LogP contribution in [0.25, 0.3) is 0 Å². The molecule has 0 radical (unpaired) electrons. The number of methoxy groups -OCH3 is 2. The summed E-state index contributed by atoms with van der Waals surface area (Å²) in [6.07, 6.45) is 1.17. The van der Waals surface area contributed by atoms with Gasteiger partial charge in [0.15, 0.2) is 0 Å². The van der Waals surface area contributed by atoms with Gasteiger partial charge in [-0.05, 0) is 31.4 Å². The van der Waals surface area contributed by atoms with Gasteiger partial charge in [-0.2, -0.15) is 11.8 Å². The van der Waals surface area contributed by atoms with E-state index in [2.05, 4.69) is 10.2 Å². The number of hydrogen-bond donors (Lipinski definition) is 1. The highest BCUT2D eigenvalue weighted by Gasteiger charge is 2.21. The summed E-state index contributed by atoms with van der Waals surface area (Å²) in [5, 5.41) is 2.96. The van der Waals surface area contributed by atoms with E-state index in [1.54, 1.807) is 14.2 Å². The Morgan fingerprint density at radius 3 is 2.86 bits per heavy atom. The van der Waals surface area contributed by atoms with Crippen LogP contribution in [0.15, 0.2) is 18.2 Å². The standard InChI is InChI=1S/C16H24N2O3S/c1-18(13-6-7-22-11-13)10-16(19)17-9-12-4-5-14(20-2)8-15(12)21-3/h4-5,8,13H,6-7,9-11H2,1-3H3,(H,17,19). The number of thioether (sulfide) groups is 1. The third-order valence-electron chi connectivity index (χ3n) is 3.89. The summed E-state index contributed by atoms with van der Waals surface area (Å²) in [6.45, 7) is 0.892. The zero-order chi connectivity index (χ0) is 15.9. The molecular weight excluding hydrogens is 300 g/mol. The Hall–Kier alpha value is -1.40. The van der Waals surface area contributed by atoms with Gasteiger partial charge in [0.25, 0.3) is 0 Å². The Balaban J connectivity index is 1.85. The fourth-order valence-corrected chi connectivity index (χ4v) is 3.77. The van der Waals surface area contributed by atoms with Crippen LogP contribution in [-0.2, 0) is 11.3 Å². The molecule has 6 heteroatoms. The van der Waals surface area contributed by atoms with Crippen molar-refractivity contribution in [3.8, 4) is 11.5 Å². The van der Waals surface area contributed by atoms with E-state index in [1.807, 2.05) is 37.0 Å². The minimum Gasteiger partial charge on any atom is -0.497 e.